The van der Waals surface area contributed by atoms with Crippen LogP contribution in [0.15, 0.2) is 58.1 Å². The number of anilines is 2. The molecule has 0 unspecified atom stereocenters. The summed E-state index contributed by atoms with van der Waals surface area (Å²) in [5, 5.41) is 3.20. The van der Waals surface area contributed by atoms with Gasteiger partial charge in [0.2, 0.25) is 0 Å². The van der Waals surface area contributed by atoms with Gasteiger partial charge in [-0.05, 0) is 75.3 Å². The molecule has 3 N–H and O–H groups in total. The fourth-order valence-electron chi connectivity index (χ4n) is 8.47. The molecule has 2 saturated heterocycles. The second-order valence-corrected chi connectivity index (χ2v) is 33.2. The normalized spacial score (nSPS) is 15.9. The number of nitrogens with two attached hydrogens (primary N) is 1. The number of aldehydes is 1. The second kappa shape index (κ2) is 30.4. The monoisotopic (exact) mass is 1460 g/mol. The zero-order valence-corrected chi connectivity index (χ0v) is 51.6. The molecule has 10 rings (SSSR count). The predicted octanol–water partition coefficient (Wildman–Crippen LogP) is 2.46. The standard InChI is InChI=1S/C24H24FN5O5.C12H11FN2O2.C12H13N3O4.C2H6.I3.2H2S/c1-13-23(32)29(2)22-16(17(25)3-4-18(22)27-13)7-8-26-10-15-11-30(24(33)35-15)21-6-5-20-19(28-21)9-14(31)12-34-20;1-7-12(17)15(2)11-8(5-6-16)9(13)3-4-10(11)14-7;13-4-8-5-15(12(17)19-8)11-2-1-10-9(14-11)3-7(16)6-18-10;1-2;1-3-2;;/h3-6,15,26H,7-12H2,1-2H3;3-4,6H,5H2,1-2H3;1-2,8H,3-6,13H2;1-2H3;;2*1H2/q;;;;-1;;/t15-;;8-;;;;/m0.0..../s1. The van der Waals surface area contributed by atoms with Crippen molar-refractivity contribution < 1.29 is 65.0 Å². The first kappa shape index (κ1) is 65.4. The number of Topliss-reactive ketones (excluding diaryl/α,β-unsaturated/α-hetero) is 2. The van der Waals surface area contributed by atoms with E-state index in [2.05, 4.69) is 62.5 Å². The average molecular weight is 1460 g/mol. The quantitative estimate of drug-likeness (QED) is 0.113. The number of amides is 2. The third kappa shape index (κ3) is 15.6. The molecule has 0 bridgehead atoms. The first-order chi connectivity index (χ1) is 36.5. The van der Waals surface area contributed by atoms with E-state index in [-0.39, 0.29) is 107 Å². The van der Waals surface area contributed by atoms with Crippen LogP contribution in [0, 0.1) is 25.5 Å². The summed E-state index contributed by atoms with van der Waals surface area (Å²) in [4.78, 5) is 102. The smallest absolute Gasteiger partial charge is 0.415 e. The molecule has 2 aromatic carbocycles. The van der Waals surface area contributed by atoms with Crippen LogP contribution in [0.2, 0.25) is 0 Å². The molecule has 0 saturated carbocycles. The Bertz CT molecular complexity index is 3310. The van der Waals surface area contributed by atoms with E-state index in [1.54, 1.807) is 58.3 Å². The number of carbonyl (C=O) groups excluding carboxylic acids is 5. The van der Waals surface area contributed by atoms with Gasteiger partial charge in [-0.1, -0.05) is 13.8 Å². The van der Waals surface area contributed by atoms with Gasteiger partial charge >= 0.3 is 62.7 Å². The molecule has 422 valence electrons. The van der Waals surface area contributed by atoms with Gasteiger partial charge in [-0.2, -0.15) is 27.0 Å². The molecule has 8 heterocycles. The molecule has 4 aliphatic heterocycles. The number of aromatic nitrogens is 6. The second-order valence-electron chi connectivity index (χ2n) is 17.0. The summed E-state index contributed by atoms with van der Waals surface area (Å²) in [5.41, 5.74) is 9.25. The summed E-state index contributed by atoms with van der Waals surface area (Å²) >= 11 is 5.30. The van der Waals surface area contributed by atoms with E-state index in [9.17, 15) is 42.3 Å². The number of fused-ring (bicyclic) bond motifs is 4. The van der Waals surface area contributed by atoms with Gasteiger partial charge in [-0.25, -0.2) is 38.3 Å². The van der Waals surface area contributed by atoms with Gasteiger partial charge in [0.05, 0.1) is 59.4 Å². The van der Waals surface area contributed by atoms with Gasteiger partial charge in [-0.3, -0.25) is 29.0 Å². The molecule has 0 radical (unpaired) electrons. The van der Waals surface area contributed by atoms with Crippen LogP contribution in [0.1, 0.15) is 47.8 Å². The van der Waals surface area contributed by atoms with Gasteiger partial charge in [0, 0.05) is 44.7 Å². The van der Waals surface area contributed by atoms with Gasteiger partial charge < -0.3 is 43.9 Å². The van der Waals surface area contributed by atoms with E-state index in [0.717, 1.165) is 0 Å². The van der Waals surface area contributed by atoms with Crippen molar-refractivity contribution in [3.63, 3.8) is 0 Å². The number of hydrogen-bond donors (Lipinski definition) is 2. The van der Waals surface area contributed by atoms with E-state index in [1.807, 2.05) is 13.8 Å². The number of nitrogens with zero attached hydrogens (tertiary/aromatic N) is 8. The van der Waals surface area contributed by atoms with Crippen molar-refractivity contribution in [2.75, 3.05) is 55.7 Å². The number of cyclic esters (lactones) is 2. The summed E-state index contributed by atoms with van der Waals surface area (Å²) in [5.74, 6) is 0.996. The summed E-state index contributed by atoms with van der Waals surface area (Å²) in [6.45, 7) is 9.03. The number of pyridine rings is 2. The van der Waals surface area contributed by atoms with Crippen LogP contribution >= 0.6 is 64.2 Å². The van der Waals surface area contributed by atoms with Crippen LogP contribution in [0.3, 0.4) is 0 Å². The van der Waals surface area contributed by atoms with E-state index in [0.29, 0.717) is 119 Å². The number of benzene rings is 2. The molecule has 2 amide bonds. The van der Waals surface area contributed by atoms with Crippen molar-refractivity contribution >= 4 is 128 Å². The first-order valence-electron chi connectivity index (χ1n) is 23.7. The SMILES string of the molecule is CC.Cc1nc2ccc(F)c(CC=O)c2n(C)c1=O.Cc1nc2ccc(F)c(CCNC[C@H]3CN(c4ccc5c(n4)CC(=O)CO5)C(=O)O3)c2n(C)c1=O.I[I-]I.NC[C@H]1CN(c2ccc3c(n2)CC(=O)CO3)C(=O)O1.S.S. The maximum absolute atomic E-state index is 14.6. The Kier molecular flexibility index (Phi) is 25.5. The fourth-order valence-corrected chi connectivity index (χ4v) is 8.47. The van der Waals surface area contributed by atoms with Crippen molar-refractivity contribution in [3.05, 3.63) is 115 Å². The van der Waals surface area contributed by atoms with Crippen LogP contribution in [-0.2, 0) is 63.6 Å². The molecular weight excluding hydrogens is 1400 g/mol. The third-order valence-electron chi connectivity index (χ3n) is 12.0. The number of ether oxygens (including phenoxy) is 4. The van der Waals surface area contributed by atoms with Crippen LogP contribution in [0.4, 0.5) is 30.0 Å². The van der Waals surface area contributed by atoms with Gasteiger partial charge in [0.25, 0.3) is 11.1 Å². The van der Waals surface area contributed by atoms with Gasteiger partial charge in [0.15, 0.2) is 11.6 Å². The molecular formula is C50H58F2I3N10O11S2-. The maximum Gasteiger partial charge on any atom is 0.415 e. The molecule has 0 aliphatic carbocycles. The third-order valence-corrected chi connectivity index (χ3v) is 12.0. The average Bonchev–Trinajstić information content (AvgIpc) is 3.99. The van der Waals surface area contributed by atoms with Crippen molar-refractivity contribution in [1.29, 1.82) is 0 Å². The first-order valence-corrected chi connectivity index (χ1v) is 36.3. The predicted molar refractivity (Wildman–Crippen MR) is 311 cm³/mol. The number of carbonyl (C=O) groups is 5. The Morgan fingerprint density at radius 3 is 1.58 bits per heavy atom. The van der Waals surface area contributed by atoms with Crippen LogP contribution in [0.25, 0.3) is 22.1 Å². The minimum Gasteiger partial charge on any atom is -0.484 e. The van der Waals surface area contributed by atoms with E-state index in [1.165, 1.54) is 37.1 Å². The largest absolute Gasteiger partial charge is 0.484 e. The van der Waals surface area contributed by atoms with Crippen molar-refractivity contribution in [1.82, 2.24) is 34.4 Å². The topological polar surface area (TPSA) is 262 Å². The number of aryl methyl sites for hydroxylation is 4. The minimum absolute atomic E-state index is 0. The summed E-state index contributed by atoms with van der Waals surface area (Å²) < 4.78 is 52.1. The maximum atomic E-state index is 14.6. The van der Waals surface area contributed by atoms with Crippen molar-refractivity contribution in [3.8, 4) is 11.5 Å². The molecule has 2 atom stereocenters. The van der Waals surface area contributed by atoms with E-state index in [4.69, 9.17) is 24.7 Å². The Labute approximate surface area is 490 Å². The number of halogens is 5. The molecule has 21 nitrogen and oxygen atoms in total. The van der Waals surface area contributed by atoms with Crippen molar-refractivity contribution in [2.45, 2.75) is 65.6 Å². The number of nitrogens with one attached hydrogen (secondary N) is 1. The van der Waals surface area contributed by atoms with Crippen LogP contribution in [0.5, 0.6) is 11.5 Å². The Hall–Kier alpha value is -5.16. The number of rotatable bonds is 10. The molecule has 4 aromatic heterocycles. The van der Waals surface area contributed by atoms with E-state index >= 15 is 0 Å². The van der Waals surface area contributed by atoms with E-state index < -0.39 is 29.9 Å². The summed E-state index contributed by atoms with van der Waals surface area (Å²) in [6, 6.07) is 12.4. The zero-order valence-electron chi connectivity index (χ0n) is 43.2. The molecule has 2 fully saturated rings. The number of hydrogen-bond acceptors (Lipinski definition) is 17. The fraction of sp³-hybridized carbons (Fsp3) is 0.380. The van der Waals surface area contributed by atoms with Crippen LogP contribution in [-0.4, -0.2) is 117 Å². The number of ketones is 2. The molecule has 0 spiro atoms. The Morgan fingerprint density at radius 1 is 0.692 bits per heavy atom. The molecule has 6 aromatic rings. The Balaban J connectivity index is 0.000000259. The van der Waals surface area contributed by atoms with Crippen LogP contribution < -0.4 is 54.7 Å². The molecule has 28 heteroatoms. The minimum atomic E-state index is -0.524. The Morgan fingerprint density at radius 2 is 1.13 bits per heavy atom. The zero-order chi connectivity index (χ0) is 55.4. The van der Waals surface area contributed by atoms with Gasteiger partial charge in [-0.15, -0.1) is 0 Å². The van der Waals surface area contributed by atoms with Gasteiger partial charge in [0.1, 0.15) is 77.9 Å². The molecule has 4 aliphatic rings. The molecule has 78 heavy (non-hydrogen) atoms. The van der Waals surface area contributed by atoms with Crippen molar-refractivity contribution in [2.24, 2.45) is 19.8 Å². The summed E-state index contributed by atoms with van der Waals surface area (Å²) in [6.07, 6.45) is -0.466. The summed E-state index contributed by atoms with van der Waals surface area (Å²) in [7, 11) is 3.16.